The molecule has 4 heteroatoms. The fourth-order valence-electron chi connectivity index (χ4n) is 1.85. The molecule has 0 saturated carbocycles. The second kappa shape index (κ2) is 4.67. The third-order valence-electron chi connectivity index (χ3n) is 2.82. The van der Waals surface area contributed by atoms with Gasteiger partial charge in [0.2, 0.25) is 0 Å². The molecule has 94 valence electrons. The molecule has 0 spiro atoms. The van der Waals surface area contributed by atoms with Crippen LogP contribution in [0.5, 0.6) is 0 Å². The average molecular weight is 269 g/mol. The molecular formula is C14H11ClF2O. The van der Waals surface area contributed by atoms with Crippen LogP contribution in [0, 0.1) is 11.6 Å². The maximum Gasteiger partial charge on any atom is 0.126 e. The van der Waals surface area contributed by atoms with E-state index < -0.39 is 17.2 Å². The van der Waals surface area contributed by atoms with E-state index >= 15 is 0 Å². The van der Waals surface area contributed by atoms with Crippen molar-refractivity contribution in [3.8, 4) is 0 Å². The topological polar surface area (TPSA) is 20.2 Å². The molecule has 0 heterocycles. The smallest absolute Gasteiger partial charge is 0.126 e. The molecule has 0 bridgehead atoms. The predicted octanol–water partition coefficient (Wildman–Crippen LogP) is 3.87. The summed E-state index contributed by atoms with van der Waals surface area (Å²) in [6.07, 6.45) is 0. The van der Waals surface area contributed by atoms with Crippen LogP contribution < -0.4 is 0 Å². The van der Waals surface area contributed by atoms with E-state index in [0.29, 0.717) is 10.6 Å². The van der Waals surface area contributed by atoms with Gasteiger partial charge in [-0.1, -0.05) is 29.8 Å². The zero-order valence-corrected chi connectivity index (χ0v) is 10.4. The first-order valence-electron chi connectivity index (χ1n) is 5.35. The van der Waals surface area contributed by atoms with Crippen LogP contribution in [0.3, 0.4) is 0 Å². The van der Waals surface area contributed by atoms with Crippen LogP contribution in [-0.4, -0.2) is 5.11 Å². The third kappa shape index (κ3) is 2.37. The van der Waals surface area contributed by atoms with Crippen LogP contribution in [0.25, 0.3) is 0 Å². The highest BCUT2D eigenvalue weighted by molar-refractivity contribution is 6.31. The van der Waals surface area contributed by atoms with E-state index in [0.717, 1.165) is 18.2 Å². The predicted molar refractivity (Wildman–Crippen MR) is 66.5 cm³/mol. The summed E-state index contributed by atoms with van der Waals surface area (Å²) in [4.78, 5) is 0. The summed E-state index contributed by atoms with van der Waals surface area (Å²) < 4.78 is 26.4. The van der Waals surface area contributed by atoms with Crippen LogP contribution in [0.1, 0.15) is 18.1 Å². The molecule has 2 aromatic rings. The molecule has 1 atom stereocenters. The fraction of sp³-hybridized carbons (Fsp3) is 0.143. The molecular weight excluding hydrogens is 258 g/mol. The lowest BCUT2D eigenvalue weighted by Gasteiger charge is -2.25. The van der Waals surface area contributed by atoms with Gasteiger partial charge in [-0.3, -0.25) is 0 Å². The molecule has 0 amide bonds. The Morgan fingerprint density at radius 2 is 1.61 bits per heavy atom. The lowest BCUT2D eigenvalue weighted by molar-refractivity contribution is 0.102. The molecule has 18 heavy (non-hydrogen) atoms. The largest absolute Gasteiger partial charge is 0.381 e. The van der Waals surface area contributed by atoms with E-state index in [-0.39, 0.29) is 5.56 Å². The SMILES string of the molecule is CC(O)(c1cc(F)cc(F)c1)c1ccccc1Cl. The quantitative estimate of drug-likeness (QED) is 0.876. The minimum atomic E-state index is -1.55. The fourth-order valence-corrected chi connectivity index (χ4v) is 2.17. The summed E-state index contributed by atoms with van der Waals surface area (Å²) in [7, 11) is 0. The van der Waals surface area contributed by atoms with Crippen molar-refractivity contribution < 1.29 is 13.9 Å². The van der Waals surface area contributed by atoms with E-state index in [9.17, 15) is 13.9 Å². The van der Waals surface area contributed by atoms with Gasteiger partial charge in [0.25, 0.3) is 0 Å². The van der Waals surface area contributed by atoms with Gasteiger partial charge in [-0.15, -0.1) is 0 Å². The van der Waals surface area contributed by atoms with E-state index in [1.165, 1.54) is 6.92 Å². The van der Waals surface area contributed by atoms with Gasteiger partial charge in [0.05, 0.1) is 0 Å². The summed E-state index contributed by atoms with van der Waals surface area (Å²) in [5, 5.41) is 10.8. The Hall–Kier alpha value is -1.45. The van der Waals surface area contributed by atoms with Crippen molar-refractivity contribution in [2.45, 2.75) is 12.5 Å². The van der Waals surface area contributed by atoms with Gasteiger partial charge in [0.1, 0.15) is 17.2 Å². The summed E-state index contributed by atoms with van der Waals surface area (Å²) >= 11 is 5.99. The highest BCUT2D eigenvalue weighted by Crippen LogP contribution is 2.34. The zero-order valence-electron chi connectivity index (χ0n) is 9.62. The maximum atomic E-state index is 13.2. The van der Waals surface area contributed by atoms with Gasteiger partial charge in [0.15, 0.2) is 0 Å². The van der Waals surface area contributed by atoms with Crippen molar-refractivity contribution in [3.05, 3.63) is 70.2 Å². The summed E-state index contributed by atoms with van der Waals surface area (Å²) in [6, 6.07) is 9.58. The van der Waals surface area contributed by atoms with Gasteiger partial charge in [-0.25, -0.2) is 8.78 Å². The van der Waals surface area contributed by atoms with Crippen molar-refractivity contribution in [3.63, 3.8) is 0 Å². The summed E-state index contributed by atoms with van der Waals surface area (Å²) in [5.41, 5.74) is -1.04. The molecule has 2 rings (SSSR count). The van der Waals surface area contributed by atoms with Crippen LogP contribution in [-0.2, 0) is 5.60 Å². The molecule has 2 aromatic carbocycles. The minimum Gasteiger partial charge on any atom is -0.381 e. The van der Waals surface area contributed by atoms with Gasteiger partial charge in [-0.2, -0.15) is 0 Å². The molecule has 0 aliphatic carbocycles. The Morgan fingerprint density at radius 1 is 1.06 bits per heavy atom. The van der Waals surface area contributed by atoms with Crippen molar-refractivity contribution in [1.29, 1.82) is 0 Å². The molecule has 0 radical (unpaired) electrons. The molecule has 1 N–H and O–H groups in total. The first kappa shape index (κ1) is 13.0. The van der Waals surface area contributed by atoms with Crippen LogP contribution in [0.2, 0.25) is 5.02 Å². The van der Waals surface area contributed by atoms with Crippen LogP contribution in [0.15, 0.2) is 42.5 Å². The standard InChI is InChI=1S/C14H11ClF2O/c1-14(18,12-4-2-3-5-13(12)15)9-6-10(16)8-11(17)7-9/h2-8,18H,1H3. The number of hydrogen-bond acceptors (Lipinski definition) is 1. The van der Waals surface area contributed by atoms with Gasteiger partial charge < -0.3 is 5.11 Å². The number of rotatable bonds is 2. The van der Waals surface area contributed by atoms with E-state index in [1.807, 2.05) is 0 Å². The first-order valence-corrected chi connectivity index (χ1v) is 5.73. The number of aliphatic hydroxyl groups is 1. The van der Waals surface area contributed by atoms with Crippen molar-refractivity contribution in [1.82, 2.24) is 0 Å². The Bertz CT molecular complexity index is 562. The molecule has 0 aromatic heterocycles. The van der Waals surface area contributed by atoms with Crippen molar-refractivity contribution in [2.75, 3.05) is 0 Å². The highest BCUT2D eigenvalue weighted by Gasteiger charge is 2.28. The molecule has 1 nitrogen and oxygen atoms in total. The second-order valence-corrected chi connectivity index (χ2v) is 4.62. The third-order valence-corrected chi connectivity index (χ3v) is 3.15. The van der Waals surface area contributed by atoms with E-state index in [1.54, 1.807) is 24.3 Å². The Morgan fingerprint density at radius 3 is 2.17 bits per heavy atom. The highest BCUT2D eigenvalue weighted by atomic mass is 35.5. The molecule has 1 unspecified atom stereocenters. The Labute approximate surface area is 109 Å². The Kier molecular flexibility index (Phi) is 3.37. The van der Waals surface area contributed by atoms with Crippen molar-refractivity contribution in [2.24, 2.45) is 0 Å². The van der Waals surface area contributed by atoms with Gasteiger partial charge in [-0.05, 0) is 30.7 Å². The normalized spacial score (nSPS) is 14.3. The lowest BCUT2D eigenvalue weighted by atomic mass is 9.88. The monoisotopic (exact) mass is 268 g/mol. The van der Waals surface area contributed by atoms with Crippen molar-refractivity contribution >= 4 is 11.6 Å². The maximum absolute atomic E-state index is 13.2. The Balaban J connectivity index is 2.57. The molecule has 0 saturated heterocycles. The zero-order chi connectivity index (χ0) is 13.3. The summed E-state index contributed by atoms with van der Waals surface area (Å²) in [5.74, 6) is -1.48. The number of hydrogen-bond donors (Lipinski definition) is 1. The van der Waals surface area contributed by atoms with Crippen LogP contribution >= 0.6 is 11.6 Å². The summed E-state index contributed by atoms with van der Waals surface area (Å²) in [6.45, 7) is 1.45. The van der Waals surface area contributed by atoms with Gasteiger partial charge >= 0.3 is 0 Å². The second-order valence-electron chi connectivity index (χ2n) is 4.21. The molecule has 0 aliphatic heterocycles. The van der Waals surface area contributed by atoms with E-state index in [4.69, 9.17) is 11.6 Å². The number of benzene rings is 2. The molecule has 0 fully saturated rings. The first-order chi connectivity index (χ1) is 8.41. The average Bonchev–Trinajstić information content (AvgIpc) is 2.28. The lowest BCUT2D eigenvalue weighted by Crippen LogP contribution is -2.23. The molecule has 0 aliphatic rings. The van der Waals surface area contributed by atoms with E-state index in [2.05, 4.69) is 0 Å². The van der Waals surface area contributed by atoms with Crippen LogP contribution in [0.4, 0.5) is 8.78 Å². The minimum absolute atomic E-state index is 0.119. The number of halogens is 3. The van der Waals surface area contributed by atoms with Gasteiger partial charge in [0, 0.05) is 16.7 Å².